The van der Waals surface area contributed by atoms with Crippen LogP contribution in [0.25, 0.3) is 0 Å². The molecule has 0 unspecified atom stereocenters. The summed E-state index contributed by atoms with van der Waals surface area (Å²) < 4.78 is 15.2. The van der Waals surface area contributed by atoms with Crippen LogP contribution in [0.15, 0.2) is 36.4 Å². The van der Waals surface area contributed by atoms with Crippen molar-refractivity contribution >= 4 is 52.4 Å². The fourth-order valence-electron chi connectivity index (χ4n) is 2.34. The fraction of sp³-hybridized carbons (Fsp3) is 0.250. The highest BCUT2D eigenvalue weighted by Gasteiger charge is 2.14. The number of hydrogen-bond donors (Lipinski definition) is 2. The first kappa shape index (κ1) is 23.3. The average Bonchev–Trinajstić information content (AvgIpc) is 2.73. The fourth-order valence-corrected chi connectivity index (χ4v) is 2.67. The molecule has 0 heterocycles. The SMILES string of the molecule is COc1ccc(OC)c(NC(=O)COC(=O)CCC(=O)Nc2cc(Cl)ccc2Cl)c1. The van der Waals surface area contributed by atoms with E-state index in [0.717, 1.165) is 0 Å². The zero-order valence-corrected chi connectivity index (χ0v) is 17.8. The Labute approximate surface area is 183 Å². The molecular formula is C20H20Cl2N2O6. The Morgan fingerprint density at radius 3 is 2.30 bits per heavy atom. The lowest BCUT2D eigenvalue weighted by molar-refractivity contribution is -0.147. The maximum atomic E-state index is 12.0. The Morgan fingerprint density at radius 1 is 0.867 bits per heavy atom. The van der Waals surface area contributed by atoms with Gasteiger partial charge in [0.15, 0.2) is 6.61 Å². The molecule has 8 nitrogen and oxygen atoms in total. The van der Waals surface area contributed by atoms with E-state index in [2.05, 4.69) is 10.6 Å². The molecule has 0 aliphatic heterocycles. The van der Waals surface area contributed by atoms with Gasteiger partial charge in [-0.1, -0.05) is 23.2 Å². The Hall–Kier alpha value is -2.97. The molecule has 0 fully saturated rings. The van der Waals surface area contributed by atoms with Gasteiger partial charge in [0.1, 0.15) is 11.5 Å². The van der Waals surface area contributed by atoms with Crippen molar-refractivity contribution in [2.75, 3.05) is 31.5 Å². The standard InChI is InChI=1S/C20H20Cl2N2O6/c1-28-13-4-6-17(29-2)16(10-13)24-19(26)11-30-20(27)8-7-18(25)23-15-9-12(21)3-5-14(15)22/h3-6,9-10H,7-8,11H2,1-2H3,(H,23,25)(H,24,26). The number of carbonyl (C=O) groups is 3. The second kappa shape index (κ2) is 11.3. The van der Waals surface area contributed by atoms with Crippen LogP contribution in [-0.4, -0.2) is 38.6 Å². The van der Waals surface area contributed by atoms with Crippen molar-refractivity contribution < 1.29 is 28.6 Å². The van der Waals surface area contributed by atoms with Crippen molar-refractivity contribution in [3.8, 4) is 11.5 Å². The number of anilines is 2. The van der Waals surface area contributed by atoms with Crippen LogP contribution in [0.4, 0.5) is 11.4 Å². The van der Waals surface area contributed by atoms with Crippen molar-refractivity contribution in [1.82, 2.24) is 0 Å². The molecule has 10 heteroatoms. The lowest BCUT2D eigenvalue weighted by Crippen LogP contribution is -2.22. The van der Waals surface area contributed by atoms with E-state index in [1.165, 1.54) is 20.3 Å². The monoisotopic (exact) mass is 454 g/mol. The third-order valence-corrected chi connectivity index (χ3v) is 4.37. The minimum absolute atomic E-state index is 0.146. The first-order chi connectivity index (χ1) is 14.3. The molecule has 0 aromatic heterocycles. The second-order valence-electron chi connectivity index (χ2n) is 5.95. The van der Waals surface area contributed by atoms with Gasteiger partial charge in [-0.25, -0.2) is 0 Å². The molecule has 0 spiro atoms. The average molecular weight is 455 g/mol. The Balaban J connectivity index is 1.78. The van der Waals surface area contributed by atoms with E-state index >= 15 is 0 Å². The summed E-state index contributed by atoms with van der Waals surface area (Å²) >= 11 is 11.8. The topological polar surface area (TPSA) is 103 Å². The number of ether oxygens (including phenoxy) is 3. The molecule has 160 valence electrons. The van der Waals surface area contributed by atoms with Crippen molar-refractivity contribution in [1.29, 1.82) is 0 Å². The number of esters is 1. The first-order valence-electron chi connectivity index (χ1n) is 8.74. The van der Waals surface area contributed by atoms with Crippen LogP contribution in [0, 0.1) is 0 Å². The number of rotatable bonds is 9. The summed E-state index contributed by atoms with van der Waals surface area (Å²) in [7, 11) is 2.95. The predicted octanol–water partition coefficient (Wildman–Crippen LogP) is 3.91. The van der Waals surface area contributed by atoms with Crippen LogP contribution >= 0.6 is 23.2 Å². The third kappa shape index (κ3) is 7.13. The minimum Gasteiger partial charge on any atom is -0.497 e. The molecule has 30 heavy (non-hydrogen) atoms. The van der Waals surface area contributed by atoms with Gasteiger partial charge in [-0.2, -0.15) is 0 Å². The number of methoxy groups -OCH3 is 2. The highest BCUT2D eigenvalue weighted by atomic mass is 35.5. The molecular weight excluding hydrogens is 435 g/mol. The van der Waals surface area contributed by atoms with Crippen LogP contribution in [0.2, 0.25) is 10.0 Å². The van der Waals surface area contributed by atoms with Crippen LogP contribution in [-0.2, 0) is 19.1 Å². The Morgan fingerprint density at radius 2 is 1.60 bits per heavy atom. The van der Waals surface area contributed by atoms with Gasteiger partial charge in [-0.3, -0.25) is 14.4 Å². The summed E-state index contributed by atoms with van der Waals surface area (Å²) in [6, 6.07) is 9.51. The van der Waals surface area contributed by atoms with Gasteiger partial charge in [0, 0.05) is 17.5 Å². The lowest BCUT2D eigenvalue weighted by atomic mass is 10.2. The van der Waals surface area contributed by atoms with Crippen LogP contribution in [0.3, 0.4) is 0 Å². The molecule has 2 aromatic rings. The number of amides is 2. The van der Waals surface area contributed by atoms with E-state index in [9.17, 15) is 14.4 Å². The molecule has 0 saturated heterocycles. The highest BCUT2D eigenvalue weighted by Crippen LogP contribution is 2.29. The zero-order chi connectivity index (χ0) is 22.1. The summed E-state index contributed by atoms with van der Waals surface area (Å²) in [5.74, 6) is -0.761. The van der Waals surface area contributed by atoms with Crippen LogP contribution < -0.4 is 20.1 Å². The van der Waals surface area contributed by atoms with Crippen molar-refractivity contribution in [3.63, 3.8) is 0 Å². The van der Waals surface area contributed by atoms with Crippen LogP contribution in [0.1, 0.15) is 12.8 Å². The summed E-state index contributed by atoms with van der Waals surface area (Å²) in [5.41, 5.74) is 0.713. The lowest BCUT2D eigenvalue weighted by Gasteiger charge is -2.12. The summed E-state index contributed by atoms with van der Waals surface area (Å²) in [5, 5.41) is 5.86. The molecule has 2 aromatic carbocycles. The Bertz CT molecular complexity index is 936. The van der Waals surface area contributed by atoms with E-state index in [0.29, 0.717) is 32.9 Å². The first-order valence-corrected chi connectivity index (χ1v) is 9.50. The van der Waals surface area contributed by atoms with Gasteiger partial charge in [0.05, 0.1) is 37.0 Å². The third-order valence-electron chi connectivity index (χ3n) is 3.80. The molecule has 0 bridgehead atoms. The number of halogens is 2. The second-order valence-corrected chi connectivity index (χ2v) is 6.79. The van der Waals surface area contributed by atoms with Gasteiger partial charge in [-0.05, 0) is 30.3 Å². The van der Waals surface area contributed by atoms with Gasteiger partial charge in [0.2, 0.25) is 5.91 Å². The zero-order valence-electron chi connectivity index (χ0n) is 16.3. The van der Waals surface area contributed by atoms with E-state index < -0.39 is 24.4 Å². The normalized spacial score (nSPS) is 10.1. The number of hydrogen-bond acceptors (Lipinski definition) is 6. The highest BCUT2D eigenvalue weighted by molar-refractivity contribution is 6.35. The molecule has 0 radical (unpaired) electrons. The van der Waals surface area contributed by atoms with E-state index in [4.69, 9.17) is 37.4 Å². The van der Waals surface area contributed by atoms with Gasteiger partial charge >= 0.3 is 5.97 Å². The summed E-state index contributed by atoms with van der Waals surface area (Å²) in [6.07, 6.45) is -0.354. The molecule has 0 saturated carbocycles. The molecule has 0 atom stereocenters. The minimum atomic E-state index is -0.699. The molecule has 2 N–H and O–H groups in total. The predicted molar refractivity (Wildman–Crippen MR) is 113 cm³/mol. The van der Waals surface area contributed by atoms with Crippen molar-refractivity contribution in [2.45, 2.75) is 12.8 Å². The van der Waals surface area contributed by atoms with Gasteiger partial charge in [-0.15, -0.1) is 0 Å². The molecule has 0 aliphatic rings. The maximum absolute atomic E-state index is 12.0. The number of nitrogens with one attached hydrogen (secondary N) is 2. The summed E-state index contributed by atoms with van der Waals surface area (Å²) in [4.78, 5) is 35.8. The van der Waals surface area contributed by atoms with Crippen molar-refractivity contribution in [2.24, 2.45) is 0 Å². The van der Waals surface area contributed by atoms with E-state index in [-0.39, 0.29) is 12.8 Å². The van der Waals surface area contributed by atoms with Gasteiger partial charge in [0.25, 0.3) is 5.91 Å². The molecule has 2 amide bonds. The smallest absolute Gasteiger partial charge is 0.306 e. The van der Waals surface area contributed by atoms with Crippen LogP contribution in [0.5, 0.6) is 11.5 Å². The Kier molecular flexibility index (Phi) is 8.76. The largest absolute Gasteiger partial charge is 0.497 e. The molecule has 2 rings (SSSR count). The van der Waals surface area contributed by atoms with E-state index in [1.807, 2.05) is 0 Å². The number of carbonyl (C=O) groups excluding carboxylic acids is 3. The van der Waals surface area contributed by atoms with Crippen molar-refractivity contribution in [3.05, 3.63) is 46.4 Å². The van der Waals surface area contributed by atoms with Gasteiger partial charge < -0.3 is 24.8 Å². The van der Waals surface area contributed by atoms with E-state index in [1.54, 1.807) is 30.3 Å². The number of benzene rings is 2. The molecule has 0 aliphatic carbocycles. The summed E-state index contributed by atoms with van der Waals surface area (Å²) in [6.45, 7) is -0.513. The quantitative estimate of drug-likeness (QED) is 0.556. The maximum Gasteiger partial charge on any atom is 0.306 e.